The van der Waals surface area contributed by atoms with Gasteiger partial charge in [-0.15, -0.1) is 0 Å². The molecule has 0 aliphatic carbocycles. The summed E-state index contributed by atoms with van der Waals surface area (Å²) in [5.74, 6) is 0. The van der Waals surface area contributed by atoms with Crippen LogP contribution in [0.4, 0.5) is 0 Å². The van der Waals surface area contributed by atoms with Crippen molar-refractivity contribution >= 4 is 22.6 Å². The van der Waals surface area contributed by atoms with Gasteiger partial charge in [0.2, 0.25) is 0 Å². The number of hydrogen-bond donors (Lipinski definition) is 1. The Balaban J connectivity index is 2.19. The zero-order valence-electron chi connectivity index (χ0n) is 8.45. The maximum atomic E-state index is 6.19. The van der Waals surface area contributed by atoms with Gasteiger partial charge in [0.25, 0.3) is 0 Å². The van der Waals surface area contributed by atoms with Crippen LogP contribution in [0.25, 0.3) is 0 Å². The van der Waals surface area contributed by atoms with Crippen LogP contribution in [-0.2, 0) is 4.74 Å². The molecule has 0 aromatic heterocycles. The van der Waals surface area contributed by atoms with Crippen LogP contribution in [0.1, 0.15) is 24.4 Å². The summed E-state index contributed by atoms with van der Waals surface area (Å²) in [4.78, 5) is 0. The molecule has 2 rings (SSSR count). The molecule has 0 saturated heterocycles. The molecule has 2 N–H and O–H groups in total. The smallest absolute Gasteiger partial charge is 0.0876 e. The van der Waals surface area contributed by atoms with Gasteiger partial charge in [-0.1, -0.05) is 12.1 Å². The molecule has 1 aliphatic heterocycles. The van der Waals surface area contributed by atoms with E-state index >= 15 is 0 Å². The van der Waals surface area contributed by atoms with Crippen LogP contribution < -0.4 is 5.73 Å². The van der Waals surface area contributed by atoms with Crippen molar-refractivity contribution in [2.24, 2.45) is 5.73 Å². The van der Waals surface area contributed by atoms with Crippen molar-refractivity contribution in [3.8, 4) is 0 Å². The van der Waals surface area contributed by atoms with E-state index in [1.807, 2.05) is 12.3 Å². The van der Waals surface area contributed by atoms with Crippen LogP contribution in [0.15, 0.2) is 36.1 Å². The van der Waals surface area contributed by atoms with Gasteiger partial charge in [0.1, 0.15) is 0 Å². The van der Waals surface area contributed by atoms with Gasteiger partial charge in [-0.05, 0) is 58.7 Å². The van der Waals surface area contributed by atoms with Crippen molar-refractivity contribution < 1.29 is 4.74 Å². The topological polar surface area (TPSA) is 35.2 Å². The van der Waals surface area contributed by atoms with Crippen molar-refractivity contribution in [1.82, 2.24) is 0 Å². The molecule has 0 fully saturated rings. The Morgan fingerprint density at radius 2 is 2.27 bits per heavy atom. The van der Waals surface area contributed by atoms with E-state index in [0.29, 0.717) is 0 Å². The summed E-state index contributed by atoms with van der Waals surface area (Å²) < 4.78 is 6.53. The molecule has 1 aromatic carbocycles. The third-order valence-electron chi connectivity index (χ3n) is 2.57. The maximum Gasteiger partial charge on any atom is 0.0876 e. The van der Waals surface area contributed by atoms with Gasteiger partial charge in [-0.2, -0.15) is 0 Å². The summed E-state index contributed by atoms with van der Waals surface area (Å²) in [5.41, 5.74) is 8.55. The molecule has 0 radical (unpaired) electrons. The SMILES string of the molecule is NC(C1=COCCC1)c1cccc(I)c1. The normalized spacial score (nSPS) is 17.9. The number of benzene rings is 1. The molecule has 0 saturated carbocycles. The molecule has 2 nitrogen and oxygen atoms in total. The molecule has 1 atom stereocenters. The molecule has 1 aliphatic rings. The van der Waals surface area contributed by atoms with Gasteiger partial charge in [0, 0.05) is 3.57 Å². The summed E-state index contributed by atoms with van der Waals surface area (Å²) in [5, 5.41) is 0. The van der Waals surface area contributed by atoms with Gasteiger partial charge in [0.05, 0.1) is 18.9 Å². The average molecular weight is 315 g/mol. The first-order valence-corrected chi connectivity index (χ1v) is 6.17. The van der Waals surface area contributed by atoms with E-state index in [9.17, 15) is 0 Å². The van der Waals surface area contributed by atoms with E-state index in [2.05, 4.69) is 40.8 Å². The van der Waals surface area contributed by atoms with E-state index in [4.69, 9.17) is 10.5 Å². The molecule has 1 aromatic rings. The maximum absolute atomic E-state index is 6.19. The van der Waals surface area contributed by atoms with Crippen molar-refractivity contribution in [3.05, 3.63) is 45.2 Å². The second kappa shape index (κ2) is 4.99. The zero-order valence-corrected chi connectivity index (χ0v) is 10.6. The lowest BCUT2D eigenvalue weighted by Gasteiger charge is -2.20. The fourth-order valence-electron chi connectivity index (χ4n) is 1.73. The Hall–Kier alpha value is -0.550. The van der Waals surface area contributed by atoms with Crippen LogP contribution in [0.2, 0.25) is 0 Å². The number of nitrogens with two attached hydrogens (primary N) is 1. The van der Waals surface area contributed by atoms with Crippen molar-refractivity contribution in [1.29, 1.82) is 0 Å². The van der Waals surface area contributed by atoms with E-state index in [1.54, 1.807) is 0 Å². The van der Waals surface area contributed by atoms with E-state index in [-0.39, 0.29) is 6.04 Å². The summed E-state index contributed by atoms with van der Waals surface area (Å²) >= 11 is 2.30. The van der Waals surface area contributed by atoms with Crippen LogP contribution in [-0.4, -0.2) is 6.61 Å². The number of ether oxygens (including phenoxy) is 1. The van der Waals surface area contributed by atoms with Crippen LogP contribution in [0.5, 0.6) is 0 Å². The molecule has 0 spiro atoms. The van der Waals surface area contributed by atoms with Crippen LogP contribution in [0.3, 0.4) is 0 Å². The first-order chi connectivity index (χ1) is 7.27. The Labute approximate surface area is 104 Å². The molecule has 0 bridgehead atoms. The van der Waals surface area contributed by atoms with Crippen LogP contribution >= 0.6 is 22.6 Å². The molecular formula is C12H14INO. The number of rotatable bonds is 2. The molecule has 3 heteroatoms. The minimum Gasteiger partial charge on any atom is -0.501 e. The lowest BCUT2D eigenvalue weighted by Crippen LogP contribution is -2.16. The molecule has 80 valence electrons. The van der Waals surface area contributed by atoms with Gasteiger partial charge < -0.3 is 10.5 Å². The standard InChI is InChI=1S/C12H14INO/c13-11-5-1-3-9(7-11)12(14)10-4-2-6-15-8-10/h1,3,5,7-8,12H,2,4,6,14H2. The average Bonchev–Trinajstić information content (AvgIpc) is 2.29. The molecule has 0 amide bonds. The van der Waals surface area contributed by atoms with E-state index in [0.717, 1.165) is 19.4 Å². The third kappa shape index (κ3) is 2.72. The number of halogens is 1. The first kappa shape index (κ1) is 11.0. The molecule has 15 heavy (non-hydrogen) atoms. The highest BCUT2D eigenvalue weighted by Gasteiger charge is 2.14. The number of hydrogen-bond acceptors (Lipinski definition) is 2. The summed E-state index contributed by atoms with van der Waals surface area (Å²) in [7, 11) is 0. The largest absolute Gasteiger partial charge is 0.501 e. The second-order valence-electron chi connectivity index (χ2n) is 3.70. The van der Waals surface area contributed by atoms with Gasteiger partial charge >= 0.3 is 0 Å². The highest BCUT2D eigenvalue weighted by Crippen LogP contribution is 2.26. The van der Waals surface area contributed by atoms with E-state index in [1.165, 1.54) is 14.7 Å². The highest BCUT2D eigenvalue weighted by atomic mass is 127. The van der Waals surface area contributed by atoms with Crippen LogP contribution in [0, 0.1) is 3.57 Å². The summed E-state index contributed by atoms with van der Waals surface area (Å²) in [6, 6.07) is 8.30. The molecule has 1 unspecified atom stereocenters. The van der Waals surface area contributed by atoms with Crippen molar-refractivity contribution in [3.63, 3.8) is 0 Å². The van der Waals surface area contributed by atoms with Gasteiger partial charge in [-0.25, -0.2) is 0 Å². The lowest BCUT2D eigenvalue weighted by atomic mass is 9.96. The molecule has 1 heterocycles. The Morgan fingerprint density at radius 1 is 1.40 bits per heavy atom. The minimum absolute atomic E-state index is 0.0139. The Kier molecular flexibility index (Phi) is 3.64. The predicted molar refractivity (Wildman–Crippen MR) is 69.4 cm³/mol. The predicted octanol–water partition coefficient (Wildman–Crippen LogP) is 2.99. The minimum atomic E-state index is -0.0139. The Morgan fingerprint density at radius 3 is 2.93 bits per heavy atom. The van der Waals surface area contributed by atoms with Gasteiger partial charge in [-0.3, -0.25) is 0 Å². The van der Waals surface area contributed by atoms with Crippen molar-refractivity contribution in [2.45, 2.75) is 18.9 Å². The monoisotopic (exact) mass is 315 g/mol. The van der Waals surface area contributed by atoms with Gasteiger partial charge in [0.15, 0.2) is 0 Å². The van der Waals surface area contributed by atoms with E-state index < -0.39 is 0 Å². The lowest BCUT2D eigenvalue weighted by molar-refractivity contribution is 0.221. The Bertz CT molecular complexity index is 376. The first-order valence-electron chi connectivity index (χ1n) is 5.09. The fourth-order valence-corrected chi connectivity index (χ4v) is 2.29. The second-order valence-corrected chi connectivity index (χ2v) is 4.95. The highest BCUT2D eigenvalue weighted by molar-refractivity contribution is 14.1. The summed E-state index contributed by atoms with van der Waals surface area (Å²) in [6.45, 7) is 0.822. The third-order valence-corrected chi connectivity index (χ3v) is 3.24. The summed E-state index contributed by atoms with van der Waals surface area (Å²) in [6.07, 6.45) is 3.95. The van der Waals surface area contributed by atoms with Crippen molar-refractivity contribution in [2.75, 3.05) is 6.61 Å². The zero-order chi connectivity index (χ0) is 10.7. The molecular weight excluding hydrogens is 301 g/mol. The fraction of sp³-hybridized carbons (Fsp3) is 0.333. The quantitative estimate of drug-likeness (QED) is 0.852.